The van der Waals surface area contributed by atoms with E-state index in [-0.39, 0.29) is 18.3 Å². The Morgan fingerprint density at radius 2 is 2.16 bits per heavy atom. The van der Waals surface area contributed by atoms with Crippen LogP contribution in [-0.2, 0) is 4.79 Å². The van der Waals surface area contributed by atoms with Crippen molar-refractivity contribution in [2.24, 2.45) is 0 Å². The lowest BCUT2D eigenvalue weighted by Gasteiger charge is -2.22. The van der Waals surface area contributed by atoms with E-state index in [2.05, 4.69) is 15.5 Å². The number of nitrogens with one attached hydrogen (secondary N) is 2. The predicted molar refractivity (Wildman–Crippen MR) is 81.2 cm³/mol. The van der Waals surface area contributed by atoms with Gasteiger partial charge in [0.15, 0.2) is 0 Å². The average Bonchev–Trinajstić information content (AvgIpc) is 2.85. The van der Waals surface area contributed by atoms with E-state index >= 15 is 0 Å². The van der Waals surface area contributed by atoms with E-state index in [0.717, 1.165) is 25.2 Å². The standard InChI is InChI=1S/C13H18ClN3O.ClH/c1-17(12-6-7-15-8-12)9-13(18)16-11-4-2-10(14)3-5-11;/h2-5,12,15H,6-9H2,1H3,(H,16,18);1H. The normalized spacial score (nSPS) is 18.2. The van der Waals surface area contributed by atoms with Crippen molar-refractivity contribution in [3.63, 3.8) is 0 Å². The van der Waals surface area contributed by atoms with Gasteiger partial charge in [-0.15, -0.1) is 12.4 Å². The molecule has 4 nitrogen and oxygen atoms in total. The van der Waals surface area contributed by atoms with E-state index in [1.807, 2.05) is 7.05 Å². The second-order valence-corrected chi connectivity index (χ2v) is 5.05. The lowest BCUT2D eigenvalue weighted by atomic mass is 10.2. The summed E-state index contributed by atoms with van der Waals surface area (Å²) < 4.78 is 0. The molecule has 1 atom stereocenters. The number of hydrogen-bond donors (Lipinski definition) is 2. The van der Waals surface area contributed by atoms with Gasteiger partial charge in [0.25, 0.3) is 0 Å². The fraction of sp³-hybridized carbons (Fsp3) is 0.462. The van der Waals surface area contributed by atoms with Gasteiger partial charge in [-0.1, -0.05) is 11.6 Å². The molecule has 1 aromatic carbocycles. The van der Waals surface area contributed by atoms with Crippen molar-refractivity contribution in [1.29, 1.82) is 0 Å². The van der Waals surface area contributed by atoms with Crippen molar-refractivity contribution in [3.05, 3.63) is 29.3 Å². The maximum Gasteiger partial charge on any atom is 0.238 e. The van der Waals surface area contributed by atoms with Crippen LogP contribution in [0.5, 0.6) is 0 Å². The maximum atomic E-state index is 11.9. The summed E-state index contributed by atoms with van der Waals surface area (Å²) in [4.78, 5) is 13.9. The van der Waals surface area contributed by atoms with Gasteiger partial charge in [-0.25, -0.2) is 0 Å². The number of amides is 1. The Balaban J connectivity index is 0.00000180. The average molecular weight is 304 g/mol. The highest BCUT2D eigenvalue weighted by Gasteiger charge is 2.20. The highest BCUT2D eigenvalue weighted by Crippen LogP contribution is 2.13. The summed E-state index contributed by atoms with van der Waals surface area (Å²) in [5.41, 5.74) is 0.780. The molecule has 1 aliphatic rings. The molecule has 0 saturated carbocycles. The topological polar surface area (TPSA) is 44.4 Å². The first-order valence-corrected chi connectivity index (χ1v) is 6.49. The van der Waals surface area contributed by atoms with Crippen molar-refractivity contribution < 1.29 is 4.79 Å². The molecule has 0 bridgehead atoms. The first-order chi connectivity index (χ1) is 8.65. The van der Waals surface area contributed by atoms with E-state index in [0.29, 0.717) is 17.6 Å². The van der Waals surface area contributed by atoms with E-state index in [4.69, 9.17) is 11.6 Å². The molecular formula is C13H19Cl2N3O. The van der Waals surface area contributed by atoms with Crippen LogP contribution in [0.3, 0.4) is 0 Å². The third-order valence-corrected chi connectivity index (χ3v) is 3.43. The van der Waals surface area contributed by atoms with Crippen LogP contribution in [0.15, 0.2) is 24.3 Å². The highest BCUT2D eigenvalue weighted by molar-refractivity contribution is 6.30. The van der Waals surface area contributed by atoms with Gasteiger partial charge in [0.05, 0.1) is 6.54 Å². The largest absolute Gasteiger partial charge is 0.325 e. The number of likely N-dealkylation sites (N-methyl/N-ethyl adjacent to an activating group) is 1. The van der Waals surface area contributed by atoms with Gasteiger partial charge in [0.2, 0.25) is 5.91 Å². The molecule has 1 saturated heterocycles. The van der Waals surface area contributed by atoms with E-state index in [9.17, 15) is 4.79 Å². The van der Waals surface area contributed by atoms with Gasteiger partial charge in [-0.3, -0.25) is 9.69 Å². The van der Waals surface area contributed by atoms with E-state index < -0.39 is 0 Å². The monoisotopic (exact) mass is 303 g/mol. The lowest BCUT2D eigenvalue weighted by molar-refractivity contribution is -0.117. The van der Waals surface area contributed by atoms with E-state index in [1.165, 1.54) is 0 Å². The second kappa shape index (κ2) is 7.70. The molecule has 1 aliphatic heterocycles. The second-order valence-electron chi connectivity index (χ2n) is 4.62. The van der Waals surface area contributed by atoms with Crippen molar-refractivity contribution in [2.75, 3.05) is 32.0 Å². The van der Waals surface area contributed by atoms with Crippen molar-refractivity contribution in [2.45, 2.75) is 12.5 Å². The third kappa shape index (κ3) is 4.99. The van der Waals surface area contributed by atoms with Crippen LogP contribution >= 0.6 is 24.0 Å². The zero-order chi connectivity index (χ0) is 13.0. The minimum atomic E-state index is 0. The minimum absolute atomic E-state index is 0. The number of benzene rings is 1. The van der Waals surface area contributed by atoms with Crippen LogP contribution in [0.1, 0.15) is 6.42 Å². The van der Waals surface area contributed by atoms with Crippen LogP contribution in [0.4, 0.5) is 5.69 Å². The Bertz CT molecular complexity index is 405. The van der Waals surface area contributed by atoms with E-state index in [1.54, 1.807) is 24.3 Å². The first-order valence-electron chi connectivity index (χ1n) is 6.11. The van der Waals surface area contributed by atoms with Crippen LogP contribution in [0.25, 0.3) is 0 Å². The van der Waals surface area contributed by atoms with Crippen molar-refractivity contribution >= 4 is 35.6 Å². The molecule has 0 radical (unpaired) electrons. The summed E-state index contributed by atoms with van der Waals surface area (Å²) in [5, 5.41) is 6.83. The zero-order valence-electron chi connectivity index (χ0n) is 10.9. The smallest absolute Gasteiger partial charge is 0.238 e. The molecule has 0 spiro atoms. The van der Waals surface area contributed by atoms with Crippen LogP contribution < -0.4 is 10.6 Å². The van der Waals surface area contributed by atoms with Crippen LogP contribution in [0.2, 0.25) is 5.02 Å². The van der Waals surface area contributed by atoms with Gasteiger partial charge < -0.3 is 10.6 Å². The lowest BCUT2D eigenvalue weighted by Crippen LogP contribution is -2.39. The maximum absolute atomic E-state index is 11.9. The minimum Gasteiger partial charge on any atom is -0.325 e. The van der Waals surface area contributed by atoms with Crippen LogP contribution in [0, 0.1) is 0 Å². The quantitative estimate of drug-likeness (QED) is 0.894. The summed E-state index contributed by atoms with van der Waals surface area (Å²) in [6, 6.07) is 7.60. The molecule has 19 heavy (non-hydrogen) atoms. The summed E-state index contributed by atoms with van der Waals surface area (Å²) in [6.45, 7) is 2.41. The van der Waals surface area contributed by atoms with Gasteiger partial charge in [0.1, 0.15) is 0 Å². The molecule has 1 fully saturated rings. The Morgan fingerprint density at radius 3 is 2.74 bits per heavy atom. The van der Waals surface area contributed by atoms with Gasteiger partial charge in [0, 0.05) is 23.3 Å². The number of carbonyl (C=O) groups excluding carboxylic acids is 1. The summed E-state index contributed by atoms with van der Waals surface area (Å²) in [5.74, 6) is 0.00622. The fourth-order valence-electron chi connectivity index (χ4n) is 2.10. The fourth-order valence-corrected chi connectivity index (χ4v) is 2.23. The Hall–Kier alpha value is -0.810. The van der Waals surface area contributed by atoms with Gasteiger partial charge >= 0.3 is 0 Å². The molecule has 6 heteroatoms. The van der Waals surface area contributed by atoms with Crippen molar-refractivity contribution in [1.82, 2.24) is 10.2 Å². The molecule has 1 amide bonds. The van der Waals surface area contributed by atoms with Gasteiger partial charge in [-0.05, 0) is 44.3 Å². The number of rotatable bonds is 4. The Morgan fingerprint density at radius 1 is 1.47 bits per heavy atom. The molecule has 106 valence electrons. The SMILES string of the molecule is CN(CC(=O)Nc1ccc(Cl)cc1)C1CCNC1.Cl. The molecule has 2 N–H and O–H groups in total. The molecule has 1 aromatic rings. The molecular weight excluding hydrogens is 285 g/mol. The molecule has 1 heterocycles. The van der Waals surface area contributed by atoms with Gasteiger partial charge in [-0.2, -0.15) is 0 Å². The molecule has 1 unspecified atom stereocenters. The first kappa shape index (κ1) is 16.2. The Kier molecular flexibility index (Phi) is 6.58. The number of anilines is 1. The highest BCUT2D eigenvalue weighted by atomic mass is 35.5. The molecule has 0 aromatic heterocycles. The Labute approximate surface area is 124 Å². The zero-order valence-corrected chi connectivity index (χ0v) is 12.4. The summed E-state index contributed by atoms with van der Waals surface area (Å²) in [6.07, 6.45) is 1.10. The van der Waals surface area contributed by atoms with Crippen molar-refractivity contribution in [3.8, 4) is 0 Å². The predicted octanol–water partition coefficient (Wildman–Crippen LogP) is 1.99. The third-order valence-electron chi connectivity index (χ3n) is 3.18. The number of halogens is 2. The molecule has 0 aliphatic carbocycles. The summed E-state index contributed by atoms with van der Waals surface area (Å²) >= 11 is 5.79. The number of hydrogen-bond acceptors (Lipinski definition) is 3. The van der Waals surface area contributed by atoms with Crippen LogP contribution in [-0.4, -0.2) is 43.5 Å². The number of carbonyl (C=O) groups is 1. The summed E-state index contributed by atoms with van der Waals surface area (Å²) in [7, 11) is 1.99. The number of nitrogens with zero attached hydrogens (tertiary/aromatic N) is 1. The molecule has 2 rings (SSSR count).